The lowest BCUT2D eigenvalue weighted by Crippen LogP contribution is -2.30. The van der Waals surface area contributed by atoms with Gasteiger partial charge >= 0.3 is 0 Å². The van der Waals surface area contributed by atoms with E-state index in [4.69, 9.17) is 10.3 Å². The van der Waals surface area contributed by atoms with Gasteiger partial charge in [0.1, 0.15) is 11.5 Å². The Kier molecular flexibility index (Phi) is 2.78. The molecule has 0 aromatic carbocycles. The van der Waals surface area contributed by atoms with Gasteiger partial charge in [0, 0.05) is 5.75 Å². The summed E-state index contributed by atoms with van der Waals surface area (Å²) >= 11 is 4.01. The molecule has 0 aliphatic carbocycles. The molecule has 1 heterocycles. The average molecular weight is 186 g/mol. The number of hydrogen-bond acceptors (Lipinski definition) is 4. The van der Waals surface area contributed by atoms with Crippen LogP contribution in [-0.4, -0.2) is 5.91 Å². The quantitative estimate of drug-likeness (QED) is 0.274. The van der Waals surface area contributed by atoms with Crippen LogP contribution >= 0.6 is 12.6 Å². The SMILES string of the molecule is Cc1oc(CS)cc1C(=O)NN. The standard InChI is InChI=1S/C7H10N2O2S/c1-4-6(7(10)9-8)2-5(3-12)11-4/h2,12H,3,8H2,1H3,(H,9,10). The van der Waals surface area contributed by atoms with Crippen molar-refractivity contribution >= 4 is 18.5 Å². The summed E-state index contributed by atoms with van der Waals surface area (Å²) in [6, 6.07) is 1.63. The Morgan fingerprint density at radius 3 is 2.92 bits per heavy atom. The Morgan fingerprint density at radius 2 is 2.50 bits per heavy atom. The highest BCUT2D eigenvalue weighted by molar-refractivity contribution is 7.79. The highest BCUT2D eigenvalue weighted by Crippen LogP contribution is 2.15. The van der Waals surface area contributed by atoms with Crippen LogP contribution in [0.2, 0.25) is 0 Å². The summed E-state index contributed by atoms with van der Waals surface area (Å²) in [5, 5.41) is 0. The van der Waals surface area contributed by atoms with Crippen LogP contribution in [0.3, 0.4) is 0 Å². The number of amides is 1. The van der Waals surface area contributed by atoms with Gasteiger partial charge in [-0.25, -0.2) is 5.84 Å². The van der Waals surface area contributed by atoms with Crippen LogP contribution in [-0.2, 0) is 5.75 Å². The van der Waals surface area contributed by atoms with Gasteiger partial charge in [-0.3, -0.25) is 10.2 Å². The van der Waals surface area contributed by atoms with Crippen molar-refractivity contribution in [2.75, 3.05) is 0 Å². The molecule has 1 amide bonds. The summed E-state index contributed by atoms with van der Waals surface area (Å²) in [5.41, 5.74) is 2.50. The molecule has 5 heteroatoms. The lowest BCUT2D eigenvalue weighted by Gasteiger charge is -1.93. The van der Waals surface area contributed by atoms with Crippen LogP contribution in [0.1, 0.15) is 21.9 Å². The first-order valence-electron chi connectivity index (χ1n) is 3.40. The van der Waals surface area contributed by atoms with E-state index in [0.717, 1.165) is 0 Å². The van der Waals surface area contributed by atoms with Crippen molar-refractivity contribution in [2.45, 2.75) is 12.7 Å². The van der Waals surface area contributed by atoms with Crippen LogP contribution in [0.15, 0.2) is 10.5 Å². The number of nitrogens with two attached hydrogens (primary N) is 1. The number of carbonyl (C=O) groups excluding carboxylic acids is 1. The molecule has 0 saturated heterocycles. The lowest BCUT2D eigenvalue weighted by molar-refractivity contribution is 0.0952. The Bertz CT molecular complexity index is 296. The summed E-state index contributed by atoms with van der Waals surface area (Å²) < 4.78 is 5.19. The molecule has 1 aromatic heterocycles. The largest absolute Gasteiger partial charge is 0.465 e. The molecule has 0 aliphatic rings. The van der Waals surface area contributed by atoms with E-state index in [1.165, 1.54) is 0 Å². The van der Waals surface area contributed by atoms with Gasteiger partial charge < -0.3 is 4.42 Å². The number of nitrogens with one attached hydrogen (secondary N) is 1. The molecule has 3 N–H and O–H groups in total. The molecule has 12 heavy (non-hydrogen) atoms. The van der Waals surface area contributed by atoms with Crippen LogP contribution < -0.4 is 11.3 Å². The van der Waals surface area contributed by atoms with Gasteiger partial charge in [-0.2, -0.15) is 12.6 Å². The molecule has 0 radical (unpaired) electrons. The Morgan fingerprint density at radius 1 is 1.83 bits per heavy atom. The van der Waals surface area contributed by atoms with Crippen molar-refractivity contribution < 1.29 is 9.21 Å². The third kappa shape index (κ3) is 1.62. The predicted molar refractivity (Wildman–Crippen MR) is 47.8 cm³/mol. The van der Waals surface area contributed by atoms with Crippen molar-refractivity contribution in [2.24, 2.45) is 5.84 Å². The van der Waals surface area contributed by atoms with Crippen molar-refractivity contribution in [3.63, 3.8) is 0 Å². The van der Waals surface area contributed by atoms with Gasteiger partial charge in [0.05, 0.1) is 5.56 Å². The summed E-state index contributed by atoms with van der Waals surface area (Å²) in [6.07, 6.45) is 0. The van der Waals surface area contributed by atoms with E-state index in [-0.39, 0.29) is 5.91 Å². The number of hydrogen-bond donors (Lipinski definition) is 3. The fourth-order valence-electron chi connectivity index (χ4n) is 0.925. The minimum Gasteiger partial charge on any atom is -0.465 e. The molecular formula is C7H10N2O2S. The van der Waals surface area contributed by atoms with Gasteiger partial charge in [0.2, 0.25) is 0 Å². The maximum Gasteiger partial charge on any atom is 0.268 e. The molecule has 4 nitrogen and oxygen atoms in total. The van der Waals surface area contributed by atoms with E-state index < -0.39 is 0 Å². The molecule has 0 bridgehead atoms. The predicted octanol–water partition coefficient (Wildman–Crippen LogP) is 0.621. The maximum atomic E-state index is 11.0. The molecule has 0 spiro atoms. The first kappa shape index (κ1) is 9.15. The van der Waals surface area contributed by atoms with E-state index in [0.29, 0.717) is 22.8 Å². The van der Waals surface area contributed by atoms with Gasteiger partial charge in [0.25, 0.3) is 5.91 Å². The van der Waals surface area contributed by atoms with Crippen LogP contribution in [0.5, 0.6) is 0 Å². The van der Waals surface area contributed by atoms with E-state index in [9.17, 15) is 4.79 Å². The van der Waals surface area contributed by atoms with E-state index in [2.05, 4.69) is 12.6 Å². The summed E-state index contributed by atoms with van der Waals surface area (Å²) in [4.78, 5) is 11.0. The zero-order valence-electron chi connectivity index (χ0n) is 6.63. The number of carbonyl (C=O) groups is 1. The number of furan rings is 1. The number of hydrazine groups is 1. The van der Waals surface area contributed by atoms with E-state index in [1.54, 1.807) is 13.0 Å². The lowest BCUT2D eigenvalue weighted by atomic mass is 10.2. The third-order valence-electron chi connectivity index (χ3n) is 1.50. The molecule has 0 fully saturated rings. The molecule has 0 aliphatic heterocycles. The number of rotatable bonds is 2. The highest BCUT2D eigenvalue weighted by Gasteiger charge is 2.12. The van der Waals surface area contributed by atoms with Gasteiger partial charge in [-0.15, -0.1) is 0 Å². The van der Waals surface area contributed by atoms with Crippen LogP contribution in [0.25, 0.3) is 0 Å². The van der Waals surface area contributed by atoms with E-state index >= 15 is 0 Å². The van der Waals surface area contributed by atoms with E-state index in [1.807, 2.05) is 5.43 Å². The Labute approximate surface area is 75.5 Å². The number of nitrogen functional groups attached to an aromatic ring is 1. The second-order valence-corrected chi connectivity index (χ2v) is 2.63. The monoisotopic (exact) mass is 186 g/mol. The Hall–Kier alpha value is -0.940. The molecule has 0 saturated carbocycles. The van der Waals surface area contributed by atoms with Crippen molar-refractivity contribution in [3.05, 3.63) is 23.2 Å². The molecule has 1 rings (SSSR count). The van der Waals surface area contributed by atoms with Crippen molar-refractivity contribution in [1.82, 2.24) is 5.43 Å². The first-order chi connectivity index (χ1) is 5.69. The first-order valence-corrected chi connectivity index (χ1v) is 4.03. The minimum atomic E-state index is -0.343. The molecule has 0 unspecified atom stereocenters. The van der Waals surface area contributed by atoms with Crippen molar-refractivity contribution in [3.8, 4) is 0 Å². The number of thiol groups is 1. The van der Waals surface area contributed by atoms with Gasteiger partial charge in [-0.1, -0.05) is 0 Å². The van der Waals surface area contributed by atoms with Gasteiger partial charge in [-0.05, 0) is 13.0 Å². The fourth-order valence-corrected chi connectivity index (χ4v) is 1.08. The second-order valence-electron chi connectivity index (χ2n) is 2.31. The number of aryl methyl sites for hydroxylation is 1. The van der Waals surface area contributed by atoms with Crippen molar-refractivity contribution in [1.29, 1.82) is 0 Å². The zero-order valence-corrected chi connectivity index (χ0v) is 7.52. The smallest absolute Gasteiger partial charge is 0.268 e. The summed E-state index contributed by atoms with van der Waals surface area (Å²) in [6.45, 7) is 1.71. The minimum absolute atomic E-state index is 0.343. The molecule has 1 aromatic rings. The molecular weight excluding hydrogens is 176 g/mol. The van der Waals surface area contributed by atoms with Crippen LogP contribution in [0, 0.1) is 6.92 Å². The highest BCUT2D eigenvalue weighted by atomic mass is 32.1. The maximum absolute atomic E-state index is 11.0. The Balaban J connectivity index is 2.99. The van der Waals surface area contributed by atoms with Crippen LogP contribution in [0.4, 0.5) is 0 Å². The third-order valence-corrected chi connectivity index (χ3v) is 1.81. The van der Waals surface area contributed by atoms with Gasteiger partial charge in [0.15, 0.2) is 0 Å². The average Bonchev–Trinajstić information content (AvgIpc) is 2.45. The second kappa shape index (κ2) is 3.64. The zero-order chi connectivity index (χ0) is 9.14. The molecule has 0 atom stereocenters. The molecule has 66 valence electrons. The summed E-state index contributed by atoms with van der Waals surface area (Å²) in [7, 11) is 0. The fraction of sp³-hybridized carbons (Fsp3) is 0.286. The topological polar surface area (TPSA) is 68.3 Å². The summed E-state index contributed by atoms with van der Waals surface area (Å²) in [5.74, 6) is 6.31. The normalized spacial score (nSPS) is 9.92.